The highest BCUT2D eigenvalue weighted by molar-refractivity contribution is 6.30. The molecule has 2 heterocycles. The fraction of sp³-hybridized carbons (Fsp3) is 0.158. The van der Waals surface area contributed by atoms with Crippen molar-refractivity contribution in [2.45, 2.75) is 5.92 Å². The quantitative estimate of drug-likeness (QED) is 0.613. The van der Waals surface area contributed by atoms with Gasteiger partial charge < -0.3 is 20.2 Å². The Hall–Kier alpha value is -2.83. The maximum atomic E-state index is 12.3. The van der Waals surface area contributed by atoms with E-state index in [0.29, 0.717) is 22.2 Å². The SMILES string of the molecule is O=C(NCC(CO)c1cccc(Cl)c1)Nc1cccnc1-c1ccco1. The van der Waals surface area contributed by atoms with Crippen LogP contribution in [-0.2, 0) is 0 Å². The number of aromatic nitrogens is 1. The van der Waals surface area contributed by atoms with Gasteiger partial charge in [-0.3, -0.25) is 4.98 Å². The third-order valence-corrected chi connectivity index (χ3v) is 4.10. The van der Waals surface area contributed by atoms with Crippen molar-refractivity contribution in [1.82, 2.24) is 10.3 Å². The maximum Gasteiger partial charge on any atom is 0.319 e. The Morgan fingerprint density at radius 3 is 2.85 bits per heavy atom. The molecule has 1 aromatic carbocycles. The van der Waals surface area contributed by atoms with Crippen molar-refractivity contribution in [2.24, 2.45) is 0 Å². The van der Waals surface area contributed by atoms with E-state index in [1.54, 1.807) is 48.9 Å². The number of anilines is 1. The molecule has 0 saturated carbocycles. The zero-order valence-corrected chi connectivity index (χ0v) is 14.6. The van der Waals surface area contributed by atoms with Crippen molar-refractivity contribution in [1.29, 1.82) is 0 Å². The summed E-state index contributed by atoms with van der Waals surface area (Å²) in [6, 6.07) is 13.8. The third-order valence-electron chi connectivity index (χ3n) is 3.86. The first-order chi connectivity index (χ1) is 12.7. The Bertz CT molecular complexity index is 868. The molecule has 0 bridgehead atoms. The zero-order chi connectivity index (χ0) is 18.4. The number of amides is 2. The summed E-state index contributed by atoms with van der Waals surface area (Å²) in [6.07, 6.45) is 3.17. The van der Waals surface area contributed by atoms with Gasteiger partial charge in [-0.05, 0) is 42.0 Å². The van der Waals surface area contributed by atoms with E-state index in [1.807, 2.05) is 12.1 Å². The summed E-state index contributed by atoms with van der Waals surface area (Å²) in [5.41, 5.74) is 1.93. The summed E-state index contributed by atoms with van der Waals surface area (Å²) >= 11 is 5.99. The topological polar surface area (TPSA) is 87.4 Å². The van der Waals surface area contributed by atoms with Gasteiger partial charge in [0.15, 0.2) is 5.76 Å². The Morgan fingerprint density at radius 1 is 1.23 bits per heavy atom. The van der Waals surface area contributed by atoms with Gasteiger partial charge in [-0.2, -0.15) is 0 Å². The lowest BCUT2D eigenvalue weighted by Gasteiger charge is -2.16. The Labute approximate surface area is 155 Å². The number of benzene rings is 1. The zero-order valence-electron chi connectivity index (χ0n) is 13.9. The molecule has 2 amide bonds. The normalized spacial score (nSPS) is 11.8. The number of nitrogens with zero attached hydrogens (tertiary/aromatic N) is 1. The second-order valence-electron chi connectivity index (χ2n) is 5.65. The number of carbonyl (C=O) groups excluding carboxylic acids is 1. The van der Waals surface area contributed by atoms with Crippen LogP contribution in [0, 0.1) is 0 Å². The molecule has 134 valence electrons. The fourth-order valence-corrected chi connectivity index (χ4v) is 2.75. The van der Waals surface area contributed by atoms with E-state index in [-0.39, 0.29) is 19.1 Å². The van der Waals surface area contributed by atoms with Crippen LogP contribution in [0.3, 0.4) is 0 Å². The second kappa shape index (κ2) is 8.51. The predicted molar refractivity (Wildman–Crippen MR) is 100 cm³/mol. The monoisotopic (exact) mass is 371 g/mol. The van der Waals surface area contributed by atoms with Crippen molar-refractivity contribution in [2.75, 3.05) is 18.5 Å². The molecule has 26 heavy (non-hydrogen) atoms. The first-order valence-corrected chi connectivity index (χ1v) is 8.45. The van der Waals surface area contributed by atoms with Gasteiger partial charge in [0, 0.05) is 23.7 Å². The van der Waals surface area contributed by atoms with E-state index >= 15 is 0 Å². The second-order valence-corrected chi connectivity index (χ2v) is 6.08. The van der Waals surface area contributed by atoms with E-state index in [1.165, 1.54) is 0 Å². The van der Waals surface area contributed by atoms with Crippen molar-refractivity contribution >= 4 is 23.3 Å². The van der Waals surface area contributed by atoms with Crippen molar-refractivity contribution in [3.8, 4) is 11.5 Å². The first kappa shape index (κ1) is 18.0. The lowest BCUT2D eigenvalue weighted by atomic mass is 10.0. The highest BCUT2D eigenvalue weighted by Gasteiger charge is 2.15. The van der Waals surface area contributed by atoms with Crippen molar-refractivity contribution in [3.05, 3.63) is 71.6 Å². The molecule has 3 rings (SSSR count). The van der Waals surface area contributed by atoms with Crippen LogP contribution < -0.4 is 10.6 Å². The van der Waals surface area contributed by atoms with Gasteiger partial charge in [0.1, 0.15) is 5.69 Å². The molecule has 0 fully saturated rings. The average Bonchev–Trinajstić information content (AvgIpc) is 3.17. The summed E-state index contributed by atoms with van der Waals surface area (Å²) in [5.74, 6) is 0.311. The average molecular weight is 372 g/mol. The van der Waals surface area contributed by atoms with Crippen LogP contribution in [0.1, 0.15) is 11.5 Å². The summed E-state index contributed by atoms with van der Waals surface area (Å²) in [6.45, 7) is 0.157. The summed E-state index contributed by atoms with van der Waals surface area (Å²) in [7, 11) is 0. The number of urea groups is 1. The van der Waals surface area contributed by atoms with Crippen LogP contribution in [-0.4, -0.2) is 29.3 Å². The summed E-state index contributed by atoms with van der Waals surface area (Å²) < 4.78 is 5.35. The maximum absolute atomic E-state index is 12.3. The Kier molecular flexibility index (Phi) is 5.88. The first-order valence-electron chi connectivity index (χ1n) is 8.07. The largest absolute Gasteiger partial charge is 0.463 e. The van der Waals surface area contributed by atoms with Crippen LogP contribution in [0.15, 0.2) is 65.4 Å². The van der Waals surface area contributed by atoms with Gasteiger partial charge in [-0.25, -0.2) is 4.79 Å². The molecule has 0 aliphatic carbocycles. The van der Waals surface area contributed by atoms with Crippen LogP contribution in [0.5, 0.6) is 0 Å². The van der Waals surface area contributed by atoms with E-state index in [0.717, 1.165) is 5.56 Å². The molecule has 3 N–H and O–H groups in total. The molecule has 0 aliphatic rings. The number of furan rings is 1. The van der Waals surface area contributed by atoms with Crippen LogP contribution in [0.2, 0.25) is 5.02 Å². The Morgan fingerprint density at radius 2 is 2.12 bits per heavy atom. The highest BCUT2D eigenvalue weighted by atomic mass is 35.5. The molecule has 1 unspecified atom stereocenters. The fourth-order valence-electron chi connectivity index (χ4n) is 2.55. The van der Waals surface area contributed by atoms with Gasteiger partial charge in [0.05, 0.1) is 18.6 Å². The number of carbonyl (C=O) groups is 1. The number of nitrogens with one attached hydrogen (secondary N) is 2. The van der Waals surface area contributed by atoms with Crippen molar-refractivity contribution in [3.63, 3.8) is 0 Å². The molecule has 2 aromatic heterocycles. The van der Waals surface area contributed by atoms with E-state index in [4.69, 9.17) is 16.0 Å². The molecule has 0 spiro atoms. The van der Waals surface area contributed by atoms with Crippen molar-refractivity contribution < 1.29 is 14.3 Å². The number of halogens is 1. The minimum atomic E-state index is -0.397. The predicted octanol–water partition coefficient (Wildman–Crippen LogP) is 3.89. The number of hydrogen-bond acceptors (Lipinski definition) is 4. The molecule has 0 aliphatic heterocycles. The van der Waals surface area contributed by atoms with Gasteiger partial charge >= 0.3 is 6.03 Å². The van der Waals surface area contributed by atoms with Gasteiger partial charge in [0.2, 0.25) is 0 Å². The van der Waals surface area contributed by atoms with Gasteiger partial charge in [-0.15, -0.1) is 0 Å². The lowest BCUT2D eigenvalue weighted by Crippen LogP contribution is -2.33. The van der Waals surface area contributed by atoms with E-state index in [2.05, 4.69) is 15.6 Å². The number of hydrogen-bond donors (Lipinski definition) is 3. The highest BCUT2D eigenvalue weighted by Crippen LogP contribution is 2.25. The van der Waals surface area contributed by atoms with Gasteiger partial charge in [0.25, 0.3) is 0 Å². The number of pyridine rings is 1. The standard InChI is InChI=1S/C19H18ClN3O3/c20-15-5-1-4-13(10-15)14(12-24)11-22-19(25)23-16-6-2-8-21-18(16)17-7-3-9-26-17/h1-10,14,24H,11-12H2,(H2,22,23,25). The van der Waals surface area contributed by atoms with Crippen LogP contribution in [0.25, 0.3) is 11.5 Å². The minimum Gasteiger partial charge on any atom is -0.463 e. The molecule has 1 atom stereocenters. The molecular weight excluding hydrogens is 354 g/mol. The molecule has 0 saturated heterocycles. The number of aliphatic hydroxyl groups excluding tert-OH is 1. The van der Waals surface area contributed by atoms with Crippen LogP contribution in [0.4, 0.5) is 10.5 Å². The Balaban J connectivity index is 1.64. The summed E-state index contributed by atoms with van der Waals surface area (Å²) in [4.78, 5) is 16.5. The lowest BCUT2D eigenvalue weighted by molar-refractivity contribution is 0.243. The molecule has 0 radical (unpaired) electrons. The number of aliphatic hydroxyl groups is 1. The summed E-state index contributed by atoms with van der Waals surface area (Å²) in [5, 5.41) is 15.7. The van der Waals surface area contributed by atoms with Gasteiger partial charge in [-0.1, -0.05) is 23.7 Å². The molecular formula is C19H18ClN3O3. The third kappa shape index (κ3) is 4.41. The molecule has 7 heteroatoms. The smallest absolute Gasteiger partial charge is 0.319 e. The molecule has 6 nitrogen and oxygen atoms in total. The molecule has 3 aromatic rings. The number of rotatable bonds is 6. The van der Waals surface area contributed by atoms with Crippen LogP contribution >= 0.6 is 11.6 Å². The van der Waals surface area contributed by atoms with E-state index < -0.39 is 6.03 Å². The minimum absolute atomic E-state index is 0.106. The van der Waals surface area contributed by atoms with E-state index in [9.17, 15) is 9.90 Å².